The van der Waals surface area contributed by atoms with Gasteiger partial charge in [0.2, 0.25) is 10.0 Å². The molecule has 0 aliphatic rings. The highest BCUT2D eigenvalue weighted by Gasteiger charge is 2.26. The number of rotatable bonds is 7. The molecule has 0 aromatic heterocycles. The fraction of sp³-hybridized carbons (Fsp3) is 0.300. The van der Waals surface area contributed by atoms with Crippen molar-refractivity contribution < 1.29 is 32.7 Å². The molecule has 0 bridgehead atoms. The number of aliphatic hydroxyl groups excluding tert-OH is 1. The molecule has 0 spiro atoms. The highest BCUT2D eigenvalue weighted by atomic mass is 32.2. The Kier molecular flexibility index (Phi) is 5.29. The summed E-state index contributed by atoms with van der Waals surface area (Å²) in [7, 11) is -4.34. The number of hydrogen-bond acceptors (Lipinski definition) is 6. The molecular formula is C10H11FN2O7S. The van der Waals surface area contributed by atoms with Crippen molar-refractivity contribution in [3.63, 3.8) is 0 Å². The molecule has 21 heavy (non-hydrogen) atoms. The Bertz CT molecular complexity index is 661. The predicted octanol–water partition coefficient (Wildman–Crippen LogP) is -0.152. The minimum absolute atomic E-state index is 0.427. The van der Waals surface area contributed by atoms with Gasteiger partial charge in [0.1, 0.15) is 5.82 Å². The monoisotopic (exact) mass is 322 g/mol. The molecule has 1 aromatic rings. The molecule has 116 valence electrons. The van der Waals surface area contributed by atoms with Gasteiger partial charge in [-0.3, -0.25) is 10.1 Å². The topological polar surface area (TPSA) is 147 Å². The van der Waals surface area contributed by atoms with E-state index in [0.29, 0.717) is 6.07 Å². The van der Waals surface area contributed by atoms with Crippen molar-refractivity contribution in [2.24, 2.45) is 0 Å². The lowest BCUT2D eigenvalue weighted by atomic mass is 10.3. The van der Waals surface area contributed by atoms with Gasteiger partial charge in [-0.25, -0.2) is 22.3 Å². The third-order valence-electron chi connectivity index (χ3n) is 2.40. The number of nitrogens with one attached hydrogen (secondary N) is 1. The summed E-state index contributed by atoms with van der Waals surface area (Å²) in [6.45, 7) is -0.454. The van der Waals surface area contributed by atoms with Gasteiger partial charge in [0.15, 0.2) is 11.0 Å². The van der Waals surface area contributed by atoms with E-state index in [2.05, 4.69) is 0 Å². The maximum atomic E-state index is 12.9. The minimum Gasteiger partial charge on any atom is -0.479 e. The molecule has 0 saturated heterocycles. The van der Waals surface area contributed by atoms with Gasteiger partial charge in [0, 0.05) is 6.54 Å². The fourth-order valence-corrected chi connectivity index (χ4v) is 2.59. The first-order chi connectivity index (χ1) is 9.65. The van der Waals surface area contributed by atoms with E-state index >= 15 is 0 Å². The van der Waals surface area contributed by atoms with Gasteiger partial charge in [0.05, 0.1) is 11.0 Å². The molecule has 11 heteroatoms. The van der Waals surface area contributed by atoms with Crippen LogP contribution in [0.2, 0.25) is 0 Å². The van der Waals surface area contributed by atoms with Crippen LogP contribution in [0, 0.1) is 15.9 Å². The Morgan fingerprint density at radius 3 is 2.62 bits per heavy atom. The highest BCUT2D eigenvalue weighted by Crippen LogP contribution is 2.24. The zero-order valence-electron chi connectivity index (χ0n) is 10.4. The van der Waals surface area contributed by atoms with Crippen LogP contribution in [-0.2, 0) is 14.8 Å². The van der Waals surface area contributed by atoms with Gasteiger partial charge in [-0.05, 0) is 18.6 Å². The smallest absolute Gasteiger partial charge is 0.332 e. The number of sulfonamides is 1. The van der Waals surface area contributed by atoms with Gasteiger partial charge in [0.25, 0.3) is 5.69 Å². The Morgan fingerprint density at radius 1 is 1.48 bits per heavy atom. The molecule has 1 rings (SSSR count). The van der Waals surface area contributed by atoms with Gasteiger partial charge < -0.3 is 10.2 Å². The molecule has 9 nitrogen and oxygen atoms in total. The summed E-state index contributed by atoms with van der Waals surface area (Å²) in [5, 5.41) is 28.1. The number of nitrogens with zero attached hydrogens (tertiary/aromatic N) is 1. The van der Waals surface area contributed by atoms with Crippen LogP contribution in [-0.4, -0.2) is 42.2 Å². The van der Waals surface area contributed by atoms with Crippen LogP contribution < -0.4 is 4.72 Å². The van der Waals surface area contributed by atoms with E-state index in [0.717, 1.165) is 12.1 Å². The minimum atomic E-state index is -4.34. The molecular weight excluding hydrogens is 311 g/mol. The van der Waals surface area contributed by atoms with E-state index in [4.69, 9.17) is 10.2 Å². The molecule has 0 amide bonds. The lowest BCUT2D eigenvalue weighted by Gasteiger charge is -2.08. The van der Waals surface area contributed by atoms with Crippen molar-refractivity contribution in [3.8, 4) is 0 Å². The summed E-state index contributed by atoms with van der Waals surface area (Å²) in [5.41, 5.74) is -0.943. The summed E-state index contributed by atoms with van der Waals surface area (Å²) < 4.78 is 38.5. The van der Waals surface area contributed by atoms with Crippen LogP contribution in [0.3, 0.4) is 0 Å². The quantitative estimate of drug-likeness (QED) is 0.467. The number of carbonyl (C=O) groups is 1. The molecule has 0 radical (unpaired) electrons. The van der Waals surface area contributed by atoms with E-state index in [1.807, 2.05) is 4.72 Å². The van der Waals surface area contributed by atoms with Crippen molar-refractivity contribution in [1.82, 2.24) is 4.72 Å². The molecule has 1 atom stereocenters. The average molecular weight is 322 g/mol. The Morgan fingerprint density at radius 2 is 2.10 bits per heavy atom. The lowest BCUT2D eigenvalue weighted by Crippen LogP contribution is -2.30. The second kappa shape index (κ2) is 6.56. The molecule has 0 fully saturated rings. The van der Waals surface area contributed by atoms with Crippen LogP contribution in [0.1, 0.15) is 6.42 Å². The van der Waals surface area contributed by atoms with E-state index in [1.54, 1.807) is 0 Å². The number of carboxylic acids is 1. The van der Waals surface area contributed by atoms with Crippen LogP contribution in [0.5, 0.6) is 0 Å². The maximum Gasteiger partial charge on any atom is 0.332 e. The van der Waals surface area contributed by atoms with Crippen molar-refractivity contribution in [2.75, 3.05) is 6.54 Å². The molecule has 0 aliphatic heterocycles. The third-order valence-corrected chi connectivity index (χ3v) is 3.91. The zero-order valence-corrected chi connectivity index (χ0v) is 11.2. The summed E-state index contributed by atoms with van der Waals surface area (Å²) >= 11 is 0. The highest BCUT2D eigenvalue weighted by molar-refractivity contribution is 7.89. The number of benzene rings is 1. The fourth-order valence-electron chi connectivity index (χ4n) is 1.39. The molecule has 0 aliphatic carbocycles. The largest absolute Gasteiger partial charge is 0.479 e. The predicted molar refractivity (Wildman–Crippen MR) is 66.5 cm³/mol. The number of aliphatic hydroxyl groups is 1. The summed E-state index contributed by atoms with van der Waals surface area (Å²) in [6.07, 6.45) is -2.19. The zero-order chi connectivity index (χ0) is 16.2. The molecule has 0 unspecified atom stereocenters. The van der Waals surface area contributed by atoms with Crippen molar-refractivity contribution >= 4 is 21.7 Å². The molecule has 1 aromatic carbocycles. The van der Waals surface area contributed by atoms with E-state index in [1.165, 1.54) is 0 Å². The first-order valence-corrected chi connectivity index (χ1v) is 6.98. The number of carboxylic acid groups (broad SMARTS) is 1. The van der Waals surface area contributed by atoms with Gasteiger partial charge in [-0.15, -0.1) is 0 Å². The number of halogens is 1. The van der Waals surface area contributed by atoms with Crippen LogP contribution >= 0.6 is 0 Å². The first-order valence-electron chi connectivity index (χ1n) is 5.49. The molecule has 0 heterocycles. The first kappa shape index (κ1) is 16.9. The Labute approximate surface area is 118 Å². The van der Waals surface area contributed by atoms with Gasteiger partial charge >= 0.3 is 5.97 Å². The third kappa shape index (κ3) is 4.44. The summed E-state index contributed by atoms with van der Waals surface area (Å²) in [6, 6.07) is 1.93. The Balaban J connectivity index is 2.93. The van der Waals surface area contributed by atoms with Crippen molar-refractivity contribution in [3.05, 3.63) is 34.1 Å². The van der Waals surface area contributed by atoms with Gasteiger partial charge in [-0.2, -0.15) is 0 Å². The summed E-state index contributed by atoms with van der Waals surface area (Å²) in [4.78, 5) is 19.3. The Hall–Kier alpha value is -2.11. The van der Waals surface area contributed by atoms with Crippen molar-refractivity contribution in [1.29, 1.82) is 0 Å². The molecule has 3 N–H and O–H groups in total. The second-order valence-electron chi connectivity index (χ2n) is 3.91. The lowest BCUT2D eigenvalue weighted by molar-refractivity contribution is -0.388. The number of aliphatic carboxylic acids is 1. The average Bonchev–Trinajstić information content (AvgIpc) is 2.37. The number of nitro groups is 1. The van der Waals surface area contributed by atoms with E-state index in [9.17, 15) is 27.7 Å². The van der Waals surface area contributed by atoms with Crippen molar-refractivity contribution in [2.45, 2.75) is 17.4 Å². The number of nitro benzene ring substituents is 1. The second-order valence-corrected chi connectivity index (χ2v) is 5.65. The van der Waals surface area contributed by atoms with Gasteiger partial charge in [-0.1, -0.05) is 0 Å². The van der Waals surface area contributed by atoms with Crippen LogP contribution in [0.25, 0.3) is 0 Å². The van der Waals surface area contributed by atoms with E-state index in [-0.39, 0.29) is 0 Å². The molecule has 0 saturated carbocycles. The van der Waals surface area contributed by atoms with E-state index < -0.39 is 56.4 Å². The van der Waals surface area contributed by atoms with Crippen LogP contribution in [0.15, 0.2) is 23.1 Å². The maximum absolute atomic E-state index is 12.9. The number of hydrogen-bond donors (Lipinski definition) is 3. The van der Waals surface area contributed by atoms with Crippen LogP contribution in [0.4, 0.5) is 10.1 Å². The summed E-state index contributed by atoms with van der Waals surface area (Å²) in [5.74, 6) is -2.50. The SMILES string of the molecule is O=C(O)[C@@H](O)CCNS(=O)(=O)c1ccc(F)cc1[N+](=O)[O-]. The standard InChI is InChI=1S/C10H11FN2O7S/c11-6-1-2-9(7(5-6)13(17)18)21(19,20)12-4-3-8(14)10(15)16/h1-2,5,8,12,14H,3-4H2,(H,15,16)/t8-/m0/s1. The normalized spacial score (nSPS) is 12.9.